The predicted molar refractivity (Wildman–Crippen MR) is 110 cm³/mol. The Balaban J connectivity index is 2.08. The third kappa shape index (κ3) is 5.75. The molecule has 0 spiro atoms. The maximum atomic E-state index is 13.6. The lowest BCUT2D eigenvalue weighted by Crippen LogP contribution is -2.33. The monoisotopic (exact) mass is 432 g/mol. The van der Waals surface area contributed by atoms with Gasteiger partial charge in [-0.25, -0.2) is 13.2 Å². The first-order valence-electron chi connectivity index (χ1n) is 9.55. The summed E-state index contributed by atoms with van der Waals surface area (Å²) in [5, 5.41) is 13.6. The number of carbonyl (C=O) groups excluding carboxylic acids is 2. The molecule has 0 atom stereocenters. The lowest BCUT2D eigenvalue weighted by atomic mass is 10.1. The molecule has 0 bridgehead atoms. The van der Waals surface area contributed by atoms with Crippen molar-refractivity contribution in [1.82, 2.24) is 9.88 Å². The minimum Gasteiger partial charge on any atom is -0.348 e. The number of amides is 2. The van der Waals surface area contributed by atoms with Crippen LogP contribution in [0.4, 0.5) is 18.9 Å². The van der Waals surface area contributed by atoms with Gasteiger partial charge in [0.05, 0.1) is 12.2 Å². The molecule has 2 rings (SSSR count). The summed E-state index contributed by atoms with van der Waals surface area (Å²) in [5.41, 5.74) is 1.82. The number of hydrogen-bond donors (Lipinski definition) is 2. The van der Waals surface area contributed by atoms with Gasteiger partial charge in [0, 0.05) is 17.9 Å². The molecule has 0 unspecified atom stereocenters. The Hall–Kier alpha value is -3.54. The van der Waals surface area contributed by atoms with Crippen LogP contribution in [0, 0.1) is 48.5 Å². The zero-order chi connectivity index (χ0) is 23.3. The van der Waals surface area contributed by atoms with Crippen molar-refractivity contribution in [1.29, 1.82) is 5.26 Å². The van der Waals surface area contributed by atoms with Gasteiger partial charge in [-0.3, -0.25) is 9.59 Å². The number of hydrogen-bond acceptors (Lipinski definition) is 3. The molecule has 164 valence electrons. The molecule has 9 heteroatoms. The Kier molecular flexibility index (Phi) is 7.64. The zero-order valence-corrected chi connectivity index (χ0v) is 17.6. The number of anilines is 1. The van der Waals surface area contributed by atoms with Gasteiger partial charge >= 0.3 is 0 Å². The van der Waals surface area contributed by atoms with Crippen LogP contribution in [0.3, 0.4) is 0 Å². The van der Waals surface area contributed by atoms with Gasteiger partial charge in [0.2, 0.25) is 5.91 Å². The first-order chi connectivity index (χ1) is 14.5. The number of nitrogens with one attached hydrogen (secondary N) is 2. The molecule has 2 amide bonds. The minimum atomic E-state index is -1.72. The number of aromatic nitrogens is 1. The quantitative estimate of drug-likeness (QED) is 0.396. The van der Waals surface area contributed by atoms with Crippen LogP contribution in [-0.2, 0) is 16.1 Å². The predicted octanol–water partition coefficient (Wildman–Crippen LogP) is 3.84. The van der Waals surface area contributed by atoms with Crippen molar-refractivity contribution >= 4 is 23.6 Å². The van der Waals surface area contributed by atoms with E-state index in [1.807, 2.05) is 25.2 Å². The van der Waals surface area contributed by atoms with Crippen molar-refractivity contribution in [3.8, 4) is 6.07 Å². The first kappa shape index (κ1) is 23.7. The summed E-state index contributed by atoms with van der Waals surface area (Å²) in [6, 6.07) is 5.19. The lowest BCUT2D eigenvalue weighted by molar-refractivity contribution is -0.121. The highest BCUT2D eigenvalue weighted by atomic mass is 19.2. The molecule has 0 aliphatic carbocycles. The van der Waals surface area contributed by atoms with Crippen LogP contribution in [0.2, 0.25) is 0 Å². The van der Waals surface area contributed by atoms with E-state index in [4.69, 9.17) is 0 Å². The van der Waals surface area contributed by atoms with E-state index in [1.165, 1.54) is 6.08 Å². The highest BCUT2D eigenvalue weighted by Gasteiger charge is 2.17. The number of nitrogens with zero attached hydrogens (tertiary/aromatic N) is 2. The molecule has 2 aromatic rings. The molecule has 0 saturated heterocycles. The Morgan fingerprint density at radius 1 is 1.19 bits per heavy atom. The van der Waals surface area contributed by atoms with Gasteiger partial charge in [-0.05, 0) is 49.6 Å². The number of halogens is 3. The van der Waals surface area contributed by atoms with Gasteiger partial charge in [0.1, 0.15) is 11.6 Å². The highest BCUT2D eigenvalue weighted by Crippen LogP contribution is 2.20. The molecular formula is C22H23F3N4O2. The van der Waals surface area contributed by atoms with E-state index in [1.54, 1.807) is 6.07 Å². The minimum absolute atomic E-state index is 0.211. The number of carbonyl (C=O) groups is 2. The lowest BCUT2D eigenvalue weighted by Gasteiger charge is -2.12. The second-order valence-corrected chi connectivity index (χ2v) is 7.45. The van der Waals surface area contributed by atoms with E-state index in [0.717, 1.165) is 24.0 Å². The Morgan fingerprint density at radius 2 is 1.87 bits per heavy atom. The van der Waals surface area contributed by atoms with E-state index in [2.05, 4.69) is 23.7 Å². The SMILES string of the molecule is Cc1cc(/C=C(\C#N)C(=O)NCC(=O)Nc2ccc(F)c(F)c2F)c(C)n1CC(C)C. The highest BCUT2D eigenvalue weighted by molar-refractivity contribution is 6.04. The van der Waals surface area contributed by atoms with Gasteiger partial charge in [0.15, 0.2) is 17.5 Å². The van der Waals surface area contributed by atoms with Gasteiger partial charge in [-0.15, -0.1) is 0 Å². The van der Waals surface area contributed by atoms with E-state index in [-0.39, 0.29) is 5.57 Å². The van der Waals surface area contributed by atoms with Crippen molar-refractivity contribution in [2.75, 3.05) is 11.9 Å². The summed E-state index contributed by atoms with van der Waals surface area (Å²) in [5.74, 6) is -5.90. The largest absolute Gasteiger partial charge is 0.348 e. The van der Waals surface area contributed by atoms with Crippen LogP contribution in [0.15, 0.2) is 23.8 Å². The molecule has 0 saturated carbocycles. The first-order valence-corrected chi connectivity index (χ1v) is 9.55. The Labute approximate surface area is 178 Å². The van der Waals surface area contributed by atoms with Gasteiger partial charge in [-0.1, -0.05) is 13.8 Å². The average molecular weight is 432 g/mol. The molecule has 0 radical (unpaired) electrons. The number of rotatable bonds is 7. The van der Waals surface area contributed by atoms with Gasteiger partial charge < -0.3 is 15.2 Å². The molecule has 6 nitrogen and oxygen atoms in total. The molecule has 0 aliphatic rings. The van der Waals surface area contributed by atoms with Crippen molar-refractivity contribution in [3.05, 3.63) is 58.2 Å². The maximum absolute atomic E-state index is 13.6. The fourth-order valence-corrected chi connectivity index (χ4v) is 3.00. The summed E-state index contributed by atoms with van der Waals surface area (Å²) in [7, 11) is 0. The van der Waals surface area contributed by atoms with E-state index in [9.17, 15) is 28.0 Å². The van der Waals surface area contributed by atoms with Crippen molar-refractivity contribution in [3.63, 3.8) is 0 Å². The Bertz CT molecular complexity index is 1080. The third-order valence-electron chi connectivity index (χ3n) is 4.54. The molecule has 1 aromatic carbocycles. The summed E-state index contributed by atoms with van der Waals surface area (Å²) < 4.78 is 41.9. The zero-order valence-electron chi connectivity index (χ0n) is 17.6. The third-order valence-corrected chi connectivity index (χ3v) is 4.54. The maximum Gasteiger partial charge on any atom is 0.262 e. The van der Waals surface area contributed by atoms with Crippen LogP contribution in [0.1, 0.15) is 30.8 Å². The normalized spacial score (nSPS) is 11.4. The van der Waals surface area contributed by atoms with Crippen LogP contribution >= 0.6 is 0 Å². The molecule has 1 aromatic heterocycles. The van der Waals surface area contributed by atoms with Crippen LogP contribution < -0.4 is 10.6 Å². The fraction of sp³-hybridized carbons (Fsp3) is 0.318. The molecule has 0 aliphatic heterocycles. The molecular weight excluding hydrogens is 409 g/mol. The van der Waals surface area contributed by atoms with Crippen LogP contribution in [0.25, 0.3) is 6.08 Å². The van der Waals surface area contributed by atoms with Crippen LogP contribution in [-0.4, -0.2) is 22.9 Å². The smallest absolute Gasteiger partial charge is 0.262 e. The Morgan fingerprint density at radius 3 is 2.48 bits per heavy atom. The van der Waals surface area contributed by atoms with Crippen LogP contribution in [0.5, 0.6) is 0 Å². The molecule has 1 heterocycles. The van der Waals surface area contributed by atoms with Crippen molar-refractivity contribution < 1.29 is 22.8 Å². The summed E-state index contributed by atoms with van der Waals surface area (Å²) >= 11 is 0. The average Bonchev–Trinajstić information content (AvgIpc) is 2.97. The second kappa shape index (κ2) is 9.98. The van der Waals surface area contributed by atoms with Crippen molar-refractivity contribution in [2.45, 2.75) is 34.2 Å². The van der Waals surface area contributed by atoms with E-state index >= 15 is 0 Å². The number of nitriles is 1. The van der Waals surface area contributed by atoms with E-state index < -0.39 is 41.5 Å². The number of benzene rings is 1. The molecule has 0 fully saturated rings. The van der Waals surface area contributed by atoms with Gasteiger partial charge in [0.25, 0.3) is 5.91 Å². The summed E-state index contributed by atoms with van der Waals surface area (Å²) in [4.78, 5) is 24.2. The topological polar surface area (TPSA) is 86.9 Å². The summed E-state index contributed by atoms with van der Waals surface area (Å²) in [6.07, 6.45) is 1.43. The standard InChI is InChI=1S/C22H23F3N4O2/c1-12(2)11-29-13(3)7-15(14(29)4)8-16(9-26)22(31)27-10-19(30)28-18-6-5-17(23)20(24)21(18)25/h5-8,12H,10-11H2,1-4H3,(H,27,31)(H,28,30)/b16-8+. The molecule has 2 N–H and O–H groups in total. The van der Waals surface area contributed by atoms with E-state index in [0.29, 0.717) is 17.5 Å². The van der Waals surface area contributed by atoms with Gasteiger partial charge in [-0.2, -0.15) is 5.26 Å². The fourth-order valence-electron chi connectivity index (χ4n) is 3.00. The summed E-state index contributed by atoms with van der Waals surface area (Å²) in [6.45, 7) is 8.18. The molecule has 31 heavy (non-hydrogen) atoms. The van der Waals surface area contributed by atoms with Crippen molar-refractivity contribution in [2.24, 2.45) is 5.92 Å². The second-order valence-electron chi connectivity index (χ2n) is 7.45. The number of aryl methyl sites for hydroxylation is 1.